The Balaban J connectivity index is 1.55. The lowest BCUT2D eigenvalue weighted by Crippen LogP contribution is -2.46. The lowest BCUT2D eigenvalue weighted by Gasteiger charge is -2.35. The van der Waals surface area contributed by atoms with Gasteiger partial charge in [0.15, 0.2) is 0 Å². The maximum atomic E-state index is 3.77. The molecule has 0 amide bonds. The first kappa shape index (κ1) is 13.1. The number of nitrogens with one attached hydrogen (secondary N) is 1. The van der Waals surface area contributed by atoms with Crippen LogP contribution < -0.4 is 5.32 Å². The highest BCUT2D eigenvalue weighted by molar-refractivity contribution is 5.29. The Morgan fingerprint density at radius 2 is 2.11 bits per heavy atom. The summed E-state index contributed by atoms with van der Waals surface area (Å²) in [6.07, 6.45) is 4.06. The summed E-state index contributed by atoms with van der Waals surface area (Å²) in [6.45, 7) is 5.84. The number of likely N-dealkylation sites (tertiary alicyclic amines) is 1. The molecule has 2 heteroatoms. The second-order valence-corrected chi connectivity index (χ2v) is 6.53. The van der Waals surface area contributed by atoms with E-state index < -0.39 is 0 Å². The molecule has 0 spiro atoms. The molecule has 1 N–H and O–H groups in total. The van der Waals surface area contributed by atoms with Gasteiger partial charge in [-0.05, 0) is 55.8 Å². The van der Waals surface area contributed by atoms with Crippen LogP contribution in [0.1, 0.15) is 43.2 Å². The van der Waals surface area contributed by atoms with Crippen molar-refractivity contribution in [2.75, 3.05) is 20.1 Å². The van der Waals surface area contributed by atoms with Gasteiger partial charge in [0.1, 0.15) is 0 Å². The quantitative estimate of drug-likeness (QED) is 0.893. The minimum absolute atomic E-state index is 0.681. The molecule has 0 bridgehead atoms. The zero-order valence-electron chi connectivity index (χ0n) is 12.2. The molecule has 2 fully saturated rings. The van der Waals surface area contributed by atoms with Crippen molar-refractivity contribution in [3.8, 4) is 0 Å². The maximum Gasteiger partial charge on any atom is 0.0208 e. The zero-order chi connectivity index (χ0) is 13.2. The van der Waals surface area contributed by atoms with E-state index in [4.69, 9.17) is 0 Å². The fraction of sp³-hybridized carbons (Fsp3) is 0.647. The van der Waals surface area contributed by atoms with Gasteiger partial charge in [0, 0.05) is 19.1 Å². The number of nitrogens with zero attached hydrogens (tertiary/aromatic N) is 1. The van der Waals surface area contributed by atoms with Crippen molar-refractivity contribution in [2.45, 2.75) is 44.7 Å². The number of piperidine rings is 1. The van der Waals surface area contributed by atoms with E-state index in [-0.39, 0.29) is 0 Å². The molecule has 3 rings (SSSR count). The normalized spacial score (nSPS) is 28.5. The van der Waals surface area contributed by atoms with Gasteiger partial charge >= 0.3 is 0 Å². The van der Waals surface area contributed by atoms with Crippen molar-refractivity contribution < 1.29 is 0 Å². The highest BCUT2D eigenvalue weighted by Crippen LogP contribution is 2.40. The minimum atomic E-state index is 0.681. The van der Waals surface area contributed by atoms with Crippen LogP contribution in [0.15, 0.2) is 24.3 Å². The Morgan fingerprint density at radius 1 is 1.26 bits per heavy atom. The molecule has 1 saturated heterocycles. The summed E-state index contributed by atoms with van der Waals surface area (Å²) < 4.78 is 0. The van der Waals surface area contributed by atoms with Crippen LogP contribution in [0.3, 0.4) is 0 Å². The van der Waals surface area contributed by atoms with Gasteiger partial charge in [-0.25, -0.2) is 0 Å². The first-order valence-corrected chi connectivity index (χ1v) is 7.73. The van der Waals surface area contributed by atoms with Crippen LogP contribution in [0.4, 0.5) is 0 Å². The van der Waals surface area contributed by atoms with Crippen molar-refractivity contribution in [3.63, 3.8) is 0 Å². The van der Waals surface area contributed by atoms with Gasteiger partial charge in [0.05, 0.1) is 0 Å². The standard InChI is InChI=1S/C17H26N2/c1-13-12-19(2)9-8-17(13)18-11-14-4-3-5-16(10-14)15-6-7-15/h3-5,10,13,15,17-18H,6-9,11-12H2,1-2H3. The average molecular weight is 258 g/mol. The monoisotopic (exact) mass is 258 g/mol. The van der Waals surface area contributed by atoms with Crippen LogP contribution in [-0.2, 0) is 6.54 Å². The molecule has 1 aromatic rings. The Hall–Kier alpha value is -0.860. The van der Waals surface area contributed by atoms with Crippen LogP contribution in [0.5, 0.6) is 0 Å². The van der Waals surface area contributed by atoms with E-state index in [0.717, 1.165) is 18.4 Å². The molecule has 2 atom stereocenters. The lowest BCUT2D eigenvalue weighted by atomic mass is 9.94. The summed E-state index contributed by atoms with van der Waals surface area (Å²) >= 11 is 0. The van der Waals surface area contributed by atoms with Gasteiger partial charge in [-0.1, -0.05) is 31.2 Å². The van der Waals surface area contributed by atoms with Gasteiger partial charge in [0.25, 0.3) is 0 Å². The number of benzene rings is 1. The fourth-order valence-electron chi connectivity index (χ4n) is 3.28. The van der Waals surface area contributed by atoms with Crippen molar-refractivity contribution in [2.24, 2.45) is 5.92 Å². The predicted molar refractivity (Wildman–Crippen MR) is 80.3 cm³/mol. The van der Waals surface area contributed by atoms with Crippen LogP contribution >= 0.6 is 0 Å². The van der Waals surface area contributed by atoms with E-state index in [1.807, 2.05) is 0 Å². The highest BCUT2D eigenvalue weighted by Gasteiger charge is 2.25. The van der Waals surface area contributed by atoms with Gasteiger partial charge in [0.2, 0.25) is 0 Å². The van der Waals surface area contributed by atoms with E-state index in [2.05, 4.69) is 48.5 Å². The third-order valence-electron chi connectivity index (χ3n) is 4.68. The van der Waals surface area contributed by atoms with E-state index in [1.165, 1.54) is 37.9 Å². The van der Waals surface area contributed by atoms with Crippen molar-refractivity contribution in [3.05, 3.63) is 35.4 Å². The van der Waals surface area contributed by atoms with Gasteiger partial charge in [-0.15, -0.1) is 0 Å². The SMILES string of the molecule is CC1CN(C)CCC1NCc1cccc(C2CC2)c1. The fourth-order valence-corrected chi connectivity index (χ4v) is 3.28. The Labute approximate surface area is 117 Å². The van der Waals surface area contributed by atoms with Crippen LogP contribution in [0.25, 0.3) is 0 Å². The lowest BCUT2D eigenvalue weighted by molar-refractivity contribution is 0.174. The molecule has 19 heavy (non-hydrogen) atoms. The third-order valence-corrected chi connectivity index (χ3v) is 4.68. The number of hydrogen-bond donors (Lipinski definition) is 1. The molecule has 104 valence electrons. The maximum absolute atomic E-state index is 3.77. The Kier molecular flexibility index (Phi) is 3.90. The summed E-state index contributed by atoms with van der Waals surface area (Å²) in [5.74, 6) is 1.62. The zero-order valence-corrected chi connectivity index (χ0v) is 12.2. The molecule has 1 aromatic carbocycles. The molecule has 1 saturated carbocycles. The van der Waals surface area contributed by atoms with Gasteiger partial charge in [-0.2, -0.15) is 0 Å². The van der Waals surface area contributed by atoms with E-state index in [0.29, 0.717) is 6.04 Å². The van der Waals surface area contributed by atoms with E-state index >= 15 is 0 Å². The first-order valence-electron chi connectivity index (χ1n) is 7.73. The molecule has 1 aliphatic heterocycles. The van der Waals surface area contributed by atoms with Crippen molar-refractivity contribution >= 4 is 0 Å². The topological polar surface area (TPSA) is 15.3 Å². The van der Waals surface area contributed by atoms with Gasteiger partial charge in [-0.3, -0.25) is 0 Å². The Morgan fingerprint density at radius 3 is 2.84 bits per heavy atom. The van der Waals surface area contributed by atoms with Crippen LogP contribution in [0, 0.1) is 5.92 Å². The summed E-state index contributed by atoms with van der Waals surface area (Å²) in [5, 5.41) is 3.77. The first-order chi connectivity index (χ1) is 9.22. The number of rotatable bonds is 4. The van der Waals surface area contributed by atoms with Crippen molar-refractivity contribution in [1.29, 1.82) is 0 Å². The molecular weight excluding hydrogens is 232 g/mol. The smallest absolute Gasteiger partial charge is 0.0208 e. The van der Waals surface area contributed by atoms with Gasteiger partial charge < -0.3 is 10.2 Å². The second kappa shape index (κ2) is 5.64. The molecule has 1 heterocycles. The molecule has 1 aliphatic carbocycles. The molecule has 2 aliphatic rings. The average Bonchev–Trinajstić information content (AvgIpc) is 3.22. The highest BCUT2D eigenvalue weighted by atomic mass is 15.1. The summed E-state index contributed by atoms with van der Waals surface area (Å²) in [7, 11) is 2.23. The third kappa shape index (κ3) is 3.37. The van der Waals surface area contributed by atoms with Crippen molar-refractivity contribution in [1.82, 2.24) is 10.2 Å². The van der Waals surface area contributed by atoms with Crippen LogP contribution in [-0.4, -0.2) is 31.1 Å². The number of hydrogen-bond acceptors (Lipinski definition) is 2. The Bertz CT molecular complexity index is 425. The second-order valence-electron chi connectivity index (χ2n) is 6.53. The molecule has 0 radical (unpaired) electrons. The minimum Gasteiger partial charge on any atom is -0.310 e. The largest absolute Gasteiger partial charge is 0.310 e. The summed E-state index contributed by atoms with van der Waals surface area (Å²) in [4.78, 5) is 2.44. The molecule has 0 aromatic heterocycles. The molecule has 2 nitrogen and oxygen atoms in total. The molecule has 2 unspecified atom stereocenters. The van der Waals surface area contributed by atoms with E-state index in [1.54, 1.807) is 5.56 Å². The summed E-state index contributed by atoms with van der Waals surface area (Å²) in [6, 6.07) is 9.87. The predicted octanol–water partition coefficient (Wildman–Crippen LogP) is 2.99. The molecular formula is C17H26N2. The summed E-state index contributed by atoms with van der Waals surface area (Å²) in [5.41, 5.74) is 3.01. The van der Waals surface area contributed by atoms with E-state index in [9.17, 15) is 0 Å². The van der Waals surface area contributed by atoms with Crippen LogP contribution in [0.2, 0.25) is 0 Å².